The number of allylic oxidation sites excluding steroid dienone is 2. The van der Waals surface area contributed by atoms with Gasteiger partial charge in [-0.3, -0.25) is 29.4 Å². The summed E-state index contributed by atoms with van der Waals surface area (Å²) in [6.07, 6.45) is 2.39. The predicted octanol–water partition coefficient (Wildman–Crippen LogP) is 2.45. The Morgan fingerprint density at radius 3 is 2.68 bits per heavy atom. The number of methoxy groups -OCH3 is 1. The quantitative estimate of drug-likeness (QED) is 0.455. The standard InChI is InChI=1S/C18H18ClN3O6/c1-9(21-17(24)12-5-3-10(19)7-13(12)18(21)25)16(23)20-11-4-6-14(22(26)27)15(8-11)28-2/h3-4,6,8-9,12-13H,5,7H2,1-2H3,(H,20,23). The maximum absolute atomic E-state index is 12.7. The average molecular weight is 408 g/mol. The van der Waals surface area contributed by atoms with Crippen molar-refractivity contribution in [3.05, 3.63) is 39.4 Å². The number of nitrogens with zero attached hydrogens (tertiary/aromatic N) is 2. The van der Waals surface area contributed by atoms with Crippen molar-refractivity contribution in [2.45, 2.75) is 25.8 Å². The van der Waals surface area contributed by atoms with Crippen LogP contribution in [0.4, 0.5) is 11.4 Å². The fraction of sp³-hybridized carbons (Fsp3) is 0.389. The molecule has 3 rings (SSSR count). The zero-order valence-electron chi connectivity index (χ0n) is 15.2. The van der Waals surface area contributed by atoms with Crippen LogP contribution in [0.15, 0.2) is 29.3 Å². The summed E-state index contributed by atoms with van der Waals surface area (Å²) in [7, 11) is 1.28. The molecule has 1 heterocycles. The molecule has 148 valence electrons. The maximum Gasteiger partial charge on any atom is 0.311 e. The highest BCUT2D eigenvalue weighted by Gasteiger charge is 2.51. The van der Waals surface area contributed by atoms with Gasteiger partial charge in [-0.1, -0.05) is 17.7 Å². The van der Waals surface area contributed by atoms with Crippen molar-refractivity contribution in [2.24, 2.45) is 11.8 Å². The summed E-state index contributed by atoms with van der Waals surface area (Å²) < 4.78 is 4.97. The van der Waals surface area contributed by atoms with Crippen LogP contribution < -0.4 is 10.1 Å². The molecular weight excluding hydrogens is 390 g/mol. The molecular formula is C18H18ClN3O6. The molecule has 0 bridgehead atoms. The molecule has 1 saturated heterocycles. The van der Waals surface area contributed by atoms with Crippen molar-refractivity contribution >= 4 is 40.7 Å². The fourth-order valence-corrected chi connectivity index (χ4v) is 3.76. The van der Waals surface area contributed by atoms with E-state index < -0.39 is 34.6 Å². The van der Waals surface area contributed by atoms with E-state index in [1.165, 1.54) is 32.2 Å². The van der Waals surface area contributed by atoms with E-state index in [9.17, 15) is 24.5 Å². The van der Waals surface area contributed by atoms with Crippen molar-refractivity contribution in [1.29, 1.82) is 0 Å². The summed E-state index contributed by atoms with van der Waals surface area (Å²) in [5.74, 6) is -2.44. The number of nitro benzene ring substituents is 1. The fourth-order valence-electron chi connectivity index (χ4n) is 3.50. The van der Waals surface area contributed by atoms with Crippen LogP contribution in [0.25, 0.3) is 0 Å². The first-order valence-corrected chi connectivity index (χ1v) is 8.97. The highest BCUT2D eigenvalue weighted by Crippen LogP contribution is 2.39. The van der Waals surface area contributed by atoms with Crippen LogP contribution in [0.1, 0.15) is 19.8 Å². The lowest BCUT2D eigenvalue weighted by atomic mass is 9.85. The highest BCUT2D eigenvalue weighted by molar-refractivity contribution is 6.30. The lowest BCUT2D eigenvalue weighted by Crippen LogP contribution is -2.46. The molecule has 0 spiro atoms. The first kappa shape index (κ1) is 19.8. The van der Waals surface area contributed by atoms with Gasteiger partial charge in [0.1, 0.15) is 6.04 Å². The number of benzene rings is 1. The molecule has 3 unspecified atom stereocenters. The molecule has 3 atom stereocenters. The van der Waals surface area contributed by atoms with Crippen molar-refractivity contribution in [3.8, 4) is 5.75 Å². The van der Waals surface area contributed by atoms with Gasteiger partial charge in [-0.15, -0.1) is 0 Å². The van der Waals surface area contributed by atoms with E-state index in [0.717, 1.165) is 4.90 Å². The molecule has 28 heavy (non-hydrogen) atoms. The molecule has 1 aliphatic carbocycles. The Hall–Kier alpha value is -2.94. The highest BCUT2D eigenvalue weighted by atomic mass is 35.5. The third kappa shape index (κ3) is 3.45. The number of likely N-dealkylation sites (tertiary alicyclic amines) is 1. The third-order valence-electron chi connectivity index (χ3n) is 5.01. The Balaban J connectivity index is 1.76. The number of halogens is 1. The van der Waals surface area contributed by atoms with Gasteiger partial charge in [0, 0.05) is 22.9 Å². The van der Waals surface area contributed by atoms with Crippen molar-refractivity contribution in [2.75, 3.05) is 12.4 Å². The number of hydrogen-bond acceptors (Lipinski definition) is 6. The molecule has 0 radical (unpaired) electrons. The van der Waals surface area contributed by atoms with Crippen LogP contribution >= 0.6 is 11.6 Å². The zero-order chi connectivity index (χ0) is 20.6. The SMILES string of the molecule is COc1cc(NC(=O)C(C)N2C(=O)C3CC=C(Cl)CC3C2=O)ccc1[N+](=O)[O-]. The largest absolute Gasteiger partial charge is 0.490 e. The topological polar surface area (TPSA) is 119 Å². The minimum absolute atomic E-state index is 0.0180. The Bertz CT molecular complexity index is 899. The van der Waals surface area contributed by atoms with Gasteiger partial charge in [0.15, 0.2) is 5.75 Å². The molecule has 1 aromatic rings. The third-order valence-corrected chi connectivity index (χ3v) is 5.32. The molecule has 9 nitrogen and oxygen atoms in total. The summed E-state index contributed by atoms with van der Waals surface area (Å²) >= 11 is 6.00. The molecule has 1 aliphatic heterocycles. The monoisotopic (exact) mass is 407 g/mol. The van der Waals surface area contributed by atoms with Gasteiger partial charge in [0.05, 0.1) is 23.9 Å². The van der Waals surface area contributed by atoms with E-state index in [1.807, 2.05) is 0 Å². The smallest absolute Gasteiger partial charge is 0.311 e. The van der Waals surface area contributed by atoms with Gasteiger partial charge in [-0.05, 0) is 25.8 Å². The zero-order valence-corrected chi connectivity index (χ0v) is 15.9. The van der Waals surface area contributed by atoms with Crippen LogP contribution in [0, 0.1) is 22.0 Å². The number of imide groups is 1. The van der Waals surface area contributed by atoms with Gasteiger partial charge in [-0.2, -0.15) is 0 Å². The average Bonchev–Trinajstić information content (AvgIpc) is 2.90. The number of carbonyl (C=O) groups is 3. The van der Waals surface area contributed by atoms with E-state index in [-0.39, 0.29) is 23.0 Å². The van der Waals surface area contributed by atoms with Gasteiger partial charge in [0.25, 0.3) is 0 Å². The summed E-state index contributed by atoms with van der Waals surface area (Å²) in [5.41, 5.74) is 0.00687. The van der Waals surface area contributed by atoms with E-state index in [0.29, 0.717) is 17.9 Å². The van der Waals surface area contributed by atoms with Crippen molar-refractivity contribution in [3.63, 3.8) is 0 Å². The number of nitrogens with one attached hydrogen (secondary N) is 1. The number of nitro groups is 1. The Kier molecular flexibility index (Phi) is 5.37. The number of hydrogen-bond donors (Lipinski definition) is 1. The Morgan fingerprint density at radius 2 is 2.04 bits per heavy atom. The molecule has 0 aromatic heterocycles. The molecule has 2 aliphatic rings. The van der Waals surface area contributed by atoms with E-state index >= 15 is 0 Å². The van der Waals surface area contributed by atoms with Crippen molar-refractivity contribution < 1.29 is 24.0 Å². The summed E-state index contributed by atoms with van der Waals surface area (Å²) in [6.45, 7) is 1.46. The molecule has 1 N–H and O–H groups in total. The summed E-state index contributed by atoms with van der Waals surface area (Å²) in [5, 5.41) is 14.1. The summed E-state index contributed by atoms with van der Waals surface area (Å²) in [4.78, 5) is 49.2. The predicted molar refractivity (Wildman–Crippen MR) is 99.7 cm³/mol. The molecule has 0 saturated carbocycles. The first-order chi connectivity index (χ1) is 13.2. The molecule has 1 fully saturated rings. The number of ether oxygens (including phenoxy) is 1. The minimum atomic E-state index is -1.04. The van der Waals surface area contributed by atoms with Crippen LogP contribution in [-0.2, 0) is 14.4 Å². The second-order valence-electron chi connectivity index (χ2n) is 6.66. The minimum Gasteiger partial charge on any atom is -0.490 e. The number of carbonyl (C=O) groups excluding carboxylic acids is 3. The normalized spacial score (nSPS) is 22.4. The number of amides is 3. The van der Waals surface area contributed by atoms with Gasteiger partial charge in [-0.25, -0.2) is 0 Å². The number of fused-ring (bicyclic) bond motifs is 1. The van der Waals surface area contributed by atoms with Crippen LogP contribution in [-0.4, -0.2) is 40.7 Å². The lowest BCUT2D eigenvalue weighted by molar-refractivity contribution is -0.385. The van der Waals surface area contributed by atoms with Crippen LogP contribution in [0.3, 0.4) is 0 Å². The number of anilines is 1. The van der Waals surface area contributed by atoms with Crippen LogP contribution in [0.2, 0.25) is 0 Å². The molecule has 10 heteroatoms. The summed E-state index contributed by atoms with van der Waals surface area (Å²) in [6, 6.07) is 2.82. The molecule has 1 aromatic carbocycles. The van der Waals surface area contributed by atoms with E-state index in [4.69, 9.17) is 16.3 Å². The second-order valence-corrected chi connectivity index (χ2v) is 7.14. The Morgan fingerprint density at radius 1 is 1.36 bits per heavy atom. The van der Waals surface area contributed by atoms with Crippen molar-refractivity contribution in [1.82, 2.24) is 4.90 Å². The maximum atomic E-state index is 12.7. The van der Waals surface area contributed by atoms with Crippen LogP contribution in [0.5, 0.6) is 5.75 Å². The first-order valence-electron chi connectivity index (χ1n) is 8.59. The molecule has 3 amide bonds. The van der Waals surface area contributed by atoms with E-state index in [1.54, 1.807) is 6.08 Å². The second kappa shape index (κ2) is 7.59. The Labute approximate surface area is 165 Å². The lowest BCUT2D eigenvalue weighted by Gasteiger charge is -2.22. The van der Waals surface area contributed by atoms with Gasteiger partial charge >= 0.3 is 5.69 Å². The van der Waals surface area contributed by atoms with Gasteiger partial charge in [0.2, 0.25) is 17.7 Å². The number of rotatable bonds is 5. The van der Waals surface area contributed by atoms with E-state index in [2.05, 4.69) is 5.32 Å². The van der Waals surface area contributed by atoms with Gasteiger partial charge < -0.3 is 10.1 Å².